The fraction of sp³-hybridized carbons (Fsp3) is 0.529. The average Bonchev–Trinajstić information content (AvgIpc) is 2.85. The van der Waals surface area contributed by atoms with Crippen LogP contribution in [0.3, 0.4) is 0 Å². The first-order valence-corrected chi connectivity index (χ1v) is 7.53. The minimum absolute atomic E-state index is 0.0465. The van der Waals surface area contributed by atoms with Crippen molar-refractivity contribution in [2.24, 2.45) is 5.41 Å². The standard InChI is InChI=1S/C17H23NO4/c1-12-4-5-14(13(2)10-12)22-9-6-15(19)18-8-7-17(3,11-18)16(20)21/h4-5,10H,6-9,11H2,1-3H3,(H,20,21). The molecule has 120 valence electrons. The van der Waals surface area contributed by atoms with Crippen LogP contribution in [0, 0.1) is 19.3 Å². The van der Waals surface area contributed by atoms with Crippen molar-refractivity contribution < 1.29 is 19.4 Å². The molecule has 1 aliphatic rings. The molecule has 0 saturated carbocycles. The fourth-order valence-electron chi connectivity index (χ4n) is 2.72. The predicted octanol–water partition coefficient (Wildman–Crippen LogP) is 2.40. The number of aryl methyl sites for hydroxylation is 2. The van der Waals surface area contributed by atoms with E-state index in [1.54, 1.807) is 11.8 Å². The third-order valence-corrected chi connectivity index (χ3v) is 4.25. The molecule has 1 atom stereocenters. The van der Waals surface area contributed by atoms with Crippen LogP contribution in [0.2, 0.25) is 0 Å². The summed E-state index contributed by atoms with van der Waals surface area (Å²) in [6, 6.07) is 5.92. The first-order chi connectivity index (χ1) is 10.3. The molecule has 1 aromatic rings. The number of carboxylic acids is 1. The third-order valence-electron chi connectivity index (χ3n) is 4.25. The number of likely N-dealkylation sites (tertiary alicyclic amines) is 1. The highest BCUT2D eigenvalue weighted by Crippen LogP contribution is 2.30. The summed E-state index contributed by atoms with van der Waals surface area (Å²) in [5.41, 5.74) is 1.40. The van der Waals surface area contributed by atoms with Gasteiger partial charge in [-0.05, 0) is 38.8 Å². The SMILES string of the molecule is Cc1ccc(OCCC(=O)N2CCC(C)(C(=O)O)C2)c(C)c1. The van der Waals surface area contributed by atoms with Crippen LogP contribution >= 0.6 is 0 Å². The Kier molecular flexibility index (Phi) is 4.74. The molecule has 0 radical (unpaired) electrons. The van der Waals surface area contributed by atoms with Crippen molar-refractivity contribution >= 4 is 11.9 Å². The van der Waals surface area contributed by atoms with Gasteiger partial charge >= 0.3 is 5.97 Å². The van der Waals surface area contributed by atoms with Crippen molar-refractivity contribution in [3.8, 4) is 5.75 Å². The number of benzene rings is 1. The lowest BCUT2D eigenvalue weighted by atomic mass is 9.90. The van der Waals surface area contributed by atoms with Crippen molar-refractivity contribution in [2.45, 2.75) is 33.6 Å². The summed E-state index contributed by atoms with van der Waals surface area (Å²) in [5, 5.41) is 9.19. The maximum absolute atomic E-state index is 12.1. The molecule has 0 bridgehead atoms. The van der Waals surface area contributed by atoms with Crippen LogP contribution in [-0.4, -0.2) is 41.6 Å². The van der Waals surface area contributed by atoms with Crippen molar-refractivity contribution in [1.82, 2.24) is 4.90 Å². The molecule has 1 saturated heterocycles. The molecule has 0 spiro atoms. The lowest BCUT2D eigenvalue weighted by Gasteiger charge is -2.20. The number of carbonyl (C=O) groups is 2. The number of carboxylic acid groups (broad SMARTS) is 1. The van der Waals surface area contributed by atoms with Crippen LogP contribution in [0.15, 0.2) is 18.2 Å². The Labute approximate surface area is 130 Å². The number of carbonyl (C=O) groups excluding carboxylic acids is 1. The Morgan fingerprint density at radius 3 is 2.68 bits per heavy atom. The normalized spacial score (nSPS) is 21.0. The van der Waals surface area contributed by atoms with E-state index < -0.39 is 11.4 Å². The Bertz CT molecular complexity index is 584. The summed E-state index contributed by atoms with van der Waals surface area (Å²) >= 11 is 0. The van der Waals surface area contributed by atoms with Crippen LogP contribution in [0.4, 0.5) is 0 Å². The Hall–Kier alpha value is -2.04. The molecule has 5 nitrogen and oxygen atoms in total. The number of ether oxygens (including phenoxy) is 1. The van der Waals surface area contributed by atoms with E-state index in [1.807, 2.05) is 32.0 Å². The molecule has 1 heterocycles. The van der Waals surface area contributed by atoms with Gasteiger partial charge in [0.15, 0.2) is 0 Å². The van der Waals surface area contributed by atoms with Gasteiger partial charge in [0.25, 0.3) is 0 Å². The van der Waals surface area contributed by atoms with Gasteiger partial charge < -0.3 is 14.7 Å². The summed E-state index contributed by atoms with van der Waals surface area (Å²) in [4.78, 5) is 25.0. The molecule has 0 aromatic heterocycles. The van der Waals surface area contributed by atoms with Crippen LogP contribution in [0.5, 0.6) is 5.75 Å². The lowest BCUT2D eigenvalue weighted by molar-refractivity contribution is -0.147. The van der Waals surface area contributed by atoms with Crippen LogP contribution in [0.1, 0.15) is 30.9 Å². The summed E-state index contributed by atoms with van der Waals surface area (Å²) in [6.45, 7) is 6.78. The Balaban J connectivity index is 1.83. The quantitative estimate of drug-likeness (QED) is 0.907. The van der Waals surface area contributed by atoms with E-state index in [9.17, 15) is 14.7 Å². The fourth-order valence-corrected chi connectivity index (χ4v) is 2.72. The van der Waals surface area contributed by atoms with E-state index in [0.717, 1.165) is 11.3 Å². The highest BCUT2D eigenvalue weighted by molar-refractivity contribution is 5.80. The summed E-state index contributed by atoms with van der Waals surface area (Å²) in [7, 11) is 0. The van der Waals surface area contributed by atoms with Crippen molar-refractivity contribution in [3.63, 3.8) is 0 Å². The number of nitrogens with zero attached hydrogens (tertiary/aromatic N) is 1. The van der Waals surface area contributed by atoms with Crippen LogP contribution < -0.4 is 4.74 Å². The zero-order valence-corrected chi connectivity index (χ0v) is 13.4. The molecule has 2 rings (SSSR count). The number of rotatable bonds is 5. The van der Waals surface area contributed by atoms with E-state index >= 15 is 0 Å². The number of hydrogen-bond acceptors (Lipinski definition) is 3. The molecule has 0 aliphatic carbocycles. The largest absolute Gasteiger partial charge is 0.493 e. The van der Waals surface area contributed by atoms with Gasteiger partial charge in [-0.2, -0.15) is 0 Å². The molecule has 1 unspecified atom stereocenters. The second-order valence-electron chi connectivity index (χ2n) is 6.30. The van der Waals surface area contributed by atoms with Crippen molar-refractivity contribution in [2.75, 3.05) is 19.7 Å². The van der Waals surface area contributed by atoms with E-state index in [-0.39, 0.29) is 18.9 Å². The van der Waals surface area contributed by atoms with Crippen LogP contribution in [-0.2, 0) is 9.59 Å². The third kappa shape index (κ3) is 3.59. The molecule has 1 fully saturated rings. The highest BCUT2D eigenvalue weighted by atomic mass is 16.5. The van der Waals surface area contributed by atoms with Crippen LogP contribution in [0.25, 0.3) is 0 Å². The number of aliphatic carboxylic acids is 1. The molecule has 1 amide bonds. The second-order valence-corrected chi connectivity index (χ2v) is 6.30. The number of hydrogen-bond donors (Lipinski definition) is 1. The van der Waals surface area contributed by atoms with Gasteiger partial charge in [0, 0.05) is 13.1 Å². The molecule has 1 N–H and O–H groups in total. The maximum atomic E-state index is 12.1. The lowest BCUT2D eigenvalue weighted by Crippen LogP contribution is -2.35. The summed E-state index contributed by atoms with van der Waals surface area (Å²) in [5.74, 6) is -0.0979. The zero-order chi connectivity index (χ0) is 16.3. The van der Waals surface area contributed by atoms with Gasteiger partial charge in [0.05, 0.1) is 18.4 Å². The zero-order valence-electron chi connectivity index (χ0n) is 13.4. The summed E-state index contributed by atoms with van der Waals surface area (Å²) in [6.07, 6.45) is 0.773. The van der Waals surface area contributed by atoms with Gasteiger partial charge in [-0.1, -0.05) is 17.7 Å². The molecule has 22 heavy (non-hydrogen) atoms. The number of amides is 1. The van der Waals surface area contributed by atoms with E-state index in [0.29, 0.717) is 19.6 Å². The topological polar surface area (TPSA) is 66.8 Å². The van der Waals surface area contributed by atoms with E-state index in [4.69, 9.17) is 4.74 Å². The second kappa shape index (κ2) is 6.38. The van der Waals surface area contributed by atoms with Gasteiger partial charge in [-0.15, -0.1) is 0 Å². The summed E-state index contributed by atoms with van der Waals surface area (Å²) < 4.78 is 5.66. The predicted molar refractivity (Wildman–Crippen MR) is 83.0 cm³/mol. The molecule has 1 aliphatic heterocycles. The minimum atomic E-state index is -0.839. The first-order valence-electron chi connectivity index (χ1n) is 7.53. The molecular weight excluding hydrogens is 282 g/mol. The maximum Gasteiger partial charge on any atom is 0.311 e. The highest BCUT2D eigenvalue weighted by Gasteiger charge is 2.41. The Morgan fingerprint density at radius 1 is 1.36 bits per heavy atom. The molecular formula is C17H23NO4. The van der Waals surface area contributed by atoms with Crippen molar-refractivity contribution in [1.29, 1.82) is 0 Å². The minimum Gasteiger partial charge on any atom is -0.493 e. The average molecular weight is 305 g/mol. The molecule has 1 aromatic carbocycles. The molecule has 5 heteroatoms. The Morgan fingerprint density at radius 2 is 2.09 bits per heavy atom. The van der Waals surface area contributed by atoms with E-state index in [1.165, 1.54) is 5.56 Å². The smallest absolute Gasteiger partial charge is 0.311 e. The van der Waals surface area contributed by atoms with Gasteiger partial charge in [0.1, 0.15) is 5.75 Å². The van der Waals surface area contributed by atoms with Gasteiger partial charge in [-0.25, -0.2) is 0 Å². The first kappa shape index (κ1) is 16.3. The van der Waals surface area contributed by atoms with E-state index in [2.05, 4.69) is 0 Å². The van der Waals surface area contributed by atoms with Crippen molar-refractivity contribution in [3.05, 3.63) is 29.3 Å². The van der Waals surface area contributed by atoms with Gasteiger partial charge in [-0.3, -0.25) is 9.59 Å². The monoisotopic (exact) mass is 305 g/mol. The van der Waals surface area contributed by atoms with Gasteiger partial charge in [0.2, 0.25) is 5.91 Å².